The highest BCUT2D eigenvalue weighted by Gasteiger charge is 2.17. The Labute approximate surface area is 159 Å². The van der Waals surface area contributed by atoms with E-state index in [0.717, 1.165) is 30.8 Å². The average molecular weight is 366 g/mol. The highest BCUT2D eigenvalue weighted by Crippen LogP contribution is 2.16. The molecule has 0 radical (unpaired) electrons. The van der Waals surface area contributed by atoms with E-state index in [1.54, 1.807) is 6.92 Å². The topological polar surface area (TPSA) is 63.5 Å². The zero-order chi connectivity index (χ0) is 19.1. The molecule has 2 N–H and O–H groups in total. The number of nitrogens with one attached hydrogen (secondary N) is 1. The van der Waals surface area contributed by atoms with Crippen LogP contribution in [-0.4, -0.2) is 34.9 Å². The normalized spacial score (nSPS) is 12.2. The number of rotatable bonds is 10. The Morgan fingerprint density at radius 1 is 1.15 bits per heavy atom. The molecule has 0 saturated carbocycles. The molecule has 2 aromatic carbocycles. The first-order chi connectivity index (χ1) is 13.2. The van der Waals surface area contributed by atoms with Gasteiger partial charge in [0.25, 0.3) is 0 Å². The van der Waals surface area contributed by atoms with Crippen LogP contribution in [0.2, 0.25) is 0 Å². The highest BCUT2D eigenvalue weighted by molar-refractivity contribution is 5.79. The smallest absolute Gasteiger partial charge is 0.333 e. The quantitative estimate of drug-likeness (QED) is 0.529. The number of carbonyl (C=O) groups is 1. The Morgan fingerprint density at radius 3 is 2.67 bits per heavy atom. The van der Waals surface area contributed by atoms with Crippen LogP contribution in [0.1, 0.15) is 18.9 Å². The first-order valence-electron chi connectivity index (χ1n) is 9.38. The van der Waals surface area contributed by atoms with E-state index in [-0.39, 0.29) is 0 Å². The van der Waals surface area contributed by atoms with Crippen molar-refractivity contribution in [2.45, 2.75) is 32.4 Å². The molecule has 0 bridgehead atoms. The summed E-state index contributed by atoms with van der Waals surface area (Å²) < 4.78 is 7.54. The van der Waals surface area contributed by atoms with E-state index in [9.17, 15) is 4.79 Å². The first kappa shape index (κ1) is 19.0. The van der Waals surface area contributed by atoms with Crippen molar-refractivity contribution in [1.29, 1.82) is 0 Å². The molecule has 0 unspecified atom stereocenters. The predicted octanol–water partition coefficient (Wildman–Crippen LogP) is 4.18. The number of aliphatic carboxylic acids is 1. The number of hydrogen-bond acceptors (Lipinski definition) is 3. The van der Waals surface area contributed by atoms with Crippen molar-refractivity contribution in [3.8, 4) is 0 Å². The second kappa shape index (κ2) is 9.24. The molecule has 1 atom stereocenters. The summed E-state index contributed by atoms with van der Waals surface area (Å²) in [6.07, 6.45) is 2.75. The van der Waals surface area contributed by atoms with Gasteiger partial charge in [0, 0.05) is 43.5 Å². The van der Waals surface area contributed by atoms with Crippen molar-refractivity contribution < 1.29 is 14.6 Å². The summed E-state index contributed by atoms with van der Waals surface area (Å²) in [5, 5.41) is 13.9. The fraction of sp³-hybridized carbons (Fsp3) is 0.318. The fourth-order valence-corrected chi connectivity index (χ4v) is 3.21. The maximum absolute atomic E-state index is 11.2. The summed E-state index contributed by atoms with van der Waals surface area (Å²) in [6, 6.07) is 18.4. The number of fused-ring (bicyclic) bond motifs is 1. The number of carboxylic acid groups (broad SMARTS) is 1. The minimum atomic E-state index is -0.920. The molecule has 1 aromatic heterocycles. The summed E-state index contributed by atoms with van der Waals surface area (Å²) in [5.41, 5.74) is 3.27. The van der Waals surface area contributed by atoms with Gasteiger partial charge < -0.3 is 19.7 Å². The Hall–Kier alpha value is -2.79. The molecule has 0 spiro atoms. The number of nitrogens with zero attached hydrogens (tertiary/aromatic N) is 1. The Balaban J connectivity index is 1.46. The molecule has 3 rings (SSSR count). The maximum Gasteiger partial charge on any atom is 0.333 e. The standard InChI is InChI=1S/C22H26N2O3/c1-2-27-21(22(25)26)16-17-8-10-19(11-9-17)23-13-5-14-24-15-12-18-6-3-4-7-20(18)24/h3-4,6-12,15,21,23H,2,5,13-14,16H2,1H3,(H,25,26)/t21-/m1/s1. The molecule has 0 aliphatic rings. The van der Waals surface area contributed by atoms with Crippen molar-refractivity contribution >= 4 is 22.6 Å². The van der Waals surface area contributed by atoms with Crippen molar-refractivity contribution in [1.82, 2.24) is 4.57 Å². The fourth-order valence-electron chi connectivity index (χ4n) is 3.21. The third-order valence-electron chi connectivity index (χ3n) is 4.60. The lowest BCUT2D eigenvalue weighted by Gasteiger charge is -2.13. The van der Waals surface area contributed by atoms with Gasteiger partial charge in [0.1, 0.15) is 0 Å². The summed E-state index contributed by atoms with van der Waals surface area (Å²) in [5.74, 6) is -0.920. The largest absolute Gasteiger partial charge is 0.479 e. The van der Waals surface area contributed by atoms with Crippen LogP contribution in [0.25, 0.3) is 10.9 Å². The van der Waals surface area contributed by atoms with Crippen LogP contribution in [0.3, 0.4) is 0 Å². The molecule has 0 saturated heterocycles. The van der Waals surface area contributed by atoms with Gasteiger partial charge in [-0.25, -0.2) is 4.79 Å². The van der Waals surface area contributed by atoms with Gasteiger partial charge in [0.05, 0.1) is 0 Å². The van der Waals surface area contributed by atoms with Gasteiger partial charge in [0.15, 0.2) is 6.10 Å². The average Bonchev–Trinajstić information content (AvgIpc) is 3.09. The third kappa shape index (κ3) is 5.11. The van der Waals surface area contributed by atoms with E-state index in [2.05, 4.69) is 46.4 Å². The van der Waals surface area contributed by atoms with Crippen molar-refractivity contribution in [2.24, 2.45) is 0 Å². The van der Waals surface area contributed by atoms with Gasteiger partial charge in [0.2, 0.25) is 0 Å². The van der Waals surface area contributed by atoms with Gasteiger partial charge in [-0.05, 0) is 48.6 Å². The number of para-hydroxylation sites is 1. The molecule has 1 heterocycles. The lowest BCUT2D eigenvalue weighted by Crippen LogP contribution is -2.26. The molecule has 5 nitrogen and oxygen atoms in total. The van der Waals surface area contributed by atoms with E-state index < -0.39 is 12.1 Å². The van der Waals surface area contributed by atoms with E-state index in [4.69, 9.17) is 9.84 Å². The van der Waals surface area contributed by atoms with Crippen molar-refractivity contribution in [3.05, 3.63) is 66.4 Å². The molecule has 0 fully saturated rings. The minimum Gasteiger partial charge on any atom is -0.479 e. The van der Waals surface area contributed by atoms with Crippen LogP contribution in [0, 0.1) is 0 Å². The van der Waals surface area contributed by atoms with Gasteiger partial charge in [-0.15, -0.1) is 0 Å². The molecule has 0 aliphatic carbocycles. The summed E-state index contributed by atoms with van der Waals surface area (Å²) in [6.45, 7) is 4.04. The number of aromatic nitrogens is 1. The molecule has 142 valence electrons. The van der Waals surface area contributed by atoms with Gasteiger partial charge in [-0.3, -0.25) is 0 Å². The number of hydrogen-bond donors (Lipinski definition) is 2. The van der Waals surface area contributed by atoms with Gasteiger partial charge >= 0.3 is 5.97 Å². The van der Waals surface area contributed by atoms with Crippen LogP contribution in [-0.2, 0) is 22.5 Å². The second-order valence-electron chi connectivity index (χ2n) is 6.53. The van der Waals surface area contributed by atoms with E-state index in [1.807, 2.05) is 24.3 Å². The summed E-state index contributed by atoms with van der Waals surface area (Å²) in [7, 11) is 0. The SMILES string of the molecule is CCO[C@H](Cc1ccc(NCCCn2ccc3ccccc32)cc1)C(=O)O. The number of carboxylic acids is 1. The number of aryl methyl sites for hydroxylation is 1. The molecular weight excluding hydrogens is 340 g/mol. The van der Waals surface area contributed by atoms with E-state index in [0.29, 0.717) is 13.0 Å². The minimum absolute atomic E-state index is 0.379. The monoisotopic (exact) mass is 366 g/mol. The maximum atomic E-state index is 11.2. The Morgan fingerprint density at radius 2 is 1.93 bits per heavy atom. The number of anilines is 1. The molecule has 0 amide bonds. The summed E-state index contributed by atoms with van der Waals surface area (Å²) >= 11 is 0. The first-order valence-corrected chi connectivity index (χ1v) is 9.38. The molecule has 5 heteroatoms. The molecule has 3 aromatic rings. The number of benzene rings is 2. The van der Waals surface area contributed by atoms with Crippen LogP contribution in [0.15, 0.2) is 60.8 Å². The highest BCUT2D eigenvalue weighted by atomic mass is 16.5. The predicted molar refractivity (Wildman–Crippen MR) is 108 cm³/mol. The lowest BCUT2D eigenvalue weighted by atomic mass is 10.1. The Bertz CT molecular complexity index is 871. The van der Waals surface area contributed by atoms with Crippen molar-refractivity contribution in [2.75, 3.05) is 18.5 Å². The van der Waals surface area contributed by atoms with E-state index >= 15 is 0 Å². The third-order valence-corrected chi connectivity index (χ3v) is 4.60. The van der Waals surface area contributed by atoms with Crippen molar-refractivity contribution in [3.63, 3.8) is 0 Å². The van der Waals surface area contributed by atoms with Gasteiger partial charge in [-0.1, -0.05) is 30.3 Å². The summed E-state index contributed by atoms with van der Waals surface area (Å²) in [4.78, 5) is 11.2. The molecule has 0 aliphatic heterocycles. The molecule has 27 heavy (non-hydrogen) atoms. The van der Waals surface area contributed by atoms with Crippen LogP contribution < -0.4 is 5.32 Å². The zero-order valence-electron chi connectivity index (χ0n) is 15.6. The molecular formula is C22H26N2O3. The number of ether oxygens (including phenoxy) is 1. The van der Waals surface area contributed by atoms with Crippen LogP contribution in [0.4, 0.5) is 5.69 Å². The van der Waals surface area contributed by atoms with Gasteiger partial charge in [-0.2, -0.15) is 0 Å². The second-order valence-corrected chi connectivity index (χ2v) is 6.53. The van der Waals surface area contributed by atoms with E-state index in [1.165, 1.54) is 10.9 Å². The Kier molecular flexibility index (Phi) is 6.49. The zero-order valence-corrected chi connectivity index (χ0v) is 15.6. The lowest BCUT2D eigenvalue weighted by molar-refractivity contribution is -0.149. The van der Waals surface area contributed by atoms with Crippen LogP contribution in [0.5, 0.6) is 0 Å². The van der Waals surface area contributed by atoms with Crippen LogP contribution >= 0.6 is 0 Å².